The van der Waals surface area contributed by atoms with E-state index in [0.717, 1.165) is 37.1 Å². The van der Waals surface area contributed by atoms with Crippen LogP contribution < -0.4 is 10.1 Å². The van der Waals surface area contributed by atoms with Gasteiger partial charge in [-0.3, -0.25) is 14.5 Å². The number of tetrazole rings is 1. The number of piperidine rings is 1. The minimum atomic E-state index is -0.829. The minimum absolute atomic E-state index is 0.165. The summed E-state index contributed by atoms with van der Waals surface area (Å²) >= 11 is 0. The van der Waals surface area contributed by atoms with Crippen LogP contribution in [-0.2, 0) is 9.59 Å². The molecular formula is C24H32N6O5. The molecule has 3 heterocycles. The number of aromatic nitrogens is 4. The van der Waals surface area contributed by atoms with E-state index < -0.39 is 24.0 Å². The zero-order valence-electron chi connectivity index (χ0n) is 19.8. The molecule has 1 saturated carbocycles. The van der Waals surface area contributed by atoms with Gasteiger partial charge in [-0.25, -0.2) is 0 Å². The molecule has 5 rings (SSSR count). The third kappa shape index (κ3) is 5.01. The number of ether oxygens (including phenoxy) is 1. The molecule has 3 N–H and O–H groups in total. The molecule has 2 aliphatic heterocycles. The number of rotatable bonds is 7. The van der Waals surface area contributed by atoms with E-state index in [2.05, 4.69) is 20.7 Å². The van der Waals surface area contributed by atoms with Crippen LogP contribution in [0.4, 0.5) is 0 Å². The Kier molecular flexibility index (Phi) is 6.70. The Bertz CT molecular complexity index is 1060. The third-order valence-electron chi connectivity index (χ3n) is 7.97. The van der Waals surface area contributed by atoms with Crippen molar-refractivity contribution in [2.24, 2.45) is 17.8 Å². The number of benzene rings is 1. The molecule has 11 heteroatoms. The van der Waals surface area contributed by atoms with Crippen molar-refractivity contribution in [3.05, 3.63) is 24.3 Å². The highest BCUT2D eigenvalue weighted by Gasteiger charge is 2.42. The Labute approximate surface area is 203 Å². The number of hydrogen-bond donors (Lipinski definition) is 3. The largest absolute Gasteiger partial charge is 0.497 e. The van der Waals surface area contributed by atoms with Crippen molar-refractivity contribution in [2.75, 3.05) is 26.7 Å². The molecule has 0 bridgehead atoms. The van der Waals surface area contributed by atoms with Gasteiger partial charge in [0.15, 0.2) is 0 Å². The predicted molar refractivity (Wildman–Crippen MR) is 125 cm³/mol. The van der Waals surface area contributed by atoms with E-state index in [4.69, 9.17) is 4.74 Å². The van der Waals surface area contributed by atoms with Gasteiger partial charge in [-0.2, -0.15) is 4.80 Å². The second-order valence-electron chi connectivity index (χ2n) is 10.1. The van der Waals surface area contributed by atoms with Gasteiger partial charge in [0.1, 0.15) is 17.8 Å². The van der Waals surface area contributed by atoms with Crippen molar-refractivity contribution in [3.8, 4) is 17.1 Å². The second kappa shape index (κ2) is 9.90. The van der Waals surface area contributed by atoms with E-state index in [9.17, 15) is 19.8 Å². The first-order chi connectivity index (χ1) is 16.9. The summed E-state index contributed by atoms with van der Waals surface area (Å²) < 4.78 is 5.19. The number of nitrogens with zero attached hydrogens (tertiary/aromatic N) is 5. The van der Waals surface area contributed by atoms with E-state index in [-0.39, 0.29) is 6.04 Å². The van der Waals surface area contributed by atoms with E-state index >= 15 is 0 Å². The Balaban J connectivity index is 1.24. The molecule has 0 spiro atoms. The second-order valence-corrected chi connectivity index (χ2v) is 10.1. The van der Waals surface area contributed by atoms with Crippen molar-refractivity contribution in [3.63, 3.8) is 0 Å². The number of nitrogens with one attached hydrogen (secondary N) is 1. The van der Waals surface area contributed by atoms with Gasteiger partial charge in [-0.05, 0) is 85.9 Å². The van der Waals surface area contributed by atoms with Gasteiger partial charge in [-0.15, -0.1) is 10.2 Å². The Morgan fingerprint density at radius 1 is 1.09 bits per heavy atom. The molecule has 1 aliphatic carbocycles. The molecule has 35 heavy (non-hydrogen) atoms. The lowest BCUT2D eigenvalue weighted by Crippen LogP contribution is -2.50. The zero-order valence-corrected chi connectivity index (χ0v) is 19.8. The molecular weight excluding hydrogens is 452 g/mol. The maximum Gasteiger partial charge on any atom is 0.321 e. The maximum absolute atomic E-state index is 12.1. The number of aliphatic carboxylic acids is 2. The fraction of sp³-hybridized carbons (Fsp3) is 0.625. The van der Waals surface area contributed by atoms with Crippen LogP contribution in [0.3, 0.4) is 0 Å². The Morgan fingerprint density at radius 3 is 2.60 bits per heavy atom. The van der Waals surface area contributed by atoms with Gasteiger partial charge < -0.3 is 20.3 Å². The topological polar surface area (TPSA) is 143 Å². The molecule has 11 nitrogen and oxygen atoms in total. The molecule has 6 atom stereocenters. The molecule has 2 saturated heterocycles. The first-order valence-electron chi connectivity index (χ1n) is 12.3. The summed E-state index contributed by atoms with van der Waals surface area (Å²) in [7, 11) is 1.61. The van der Waals surface area contributed by atoms with Crippen LogP contribution in [0, 0.1) is 17.8 Å². The monoisotopic (exact) mass is 484 g/mol. The zero-order chi connectivity index (χ0) is 24.5. The predicted octanol–water partition coefficient (Wildman–Crippen LogP) is 1.53. The molecule has 2 aromatic rings. The molecule has 3 aliphatic rings. The smallest absolute Gasteiger partial charge is 0.321 e. The van der Waals surface area contributed by atoms with Crippen LogP contribution in [0.15, 0.2) is 24.3 Å². The molecule has 0 radical (unpaired) electrons. The third-order valence-corrected chi connectivity index (χ3v) is 7.97. The number of carbonyl (C=O) groups is 2. The van der Waals surface area contributed by atoms with Crippen LogP contribution in [0.25, 0.3) is 11.4 Å². The summed E-state index contributed by atoms with van der Waals surface area (Å²) in [6, 6.07) is 6.18. The fourth-order valence-electron chi connectivity index (χ4n) is 6.09. The molecule has 3 fully saturated rings. The SMILES string of the molecule is COc1ccc(-c2nnn([C@H]3C[C@@H](C(=O)O)N(C[C@H]4CC[C@H]5CN[C@H](C(=O)O)C[C@H]5C4)C3)n2)cc1. The molecule has 188 valence electrons. The van der Waals surface area contributed by atoms with Crippen molar-refractivity contribution in [2.45, 2.75) is 50.2 Å². The molecule has 1 aromatic carbocycles. The lowest BCUT2D eigenvalue weighted by atomic mass is 9.69. The van der Waals surface area contributed by atoms with Crippen molar-refractivity contribution in [1.82, 2.24) is 30.4 Å². The summed E-state index contributed by atoms with van der Waals surface area (Å²) in [5.74, 6) is 0.880. The van der Waals surface area contributed by atoms with Gasteiger partial charge in [0.25, 0.3) is 0 Å². The summed E-state index contributed by atoms with van der Waals surface area (Å²) in [5, 5.41) is 35.4. The van der Waals surface area contributed by atoms with E-state index in [1.807, 2.05) is 29.2 Å². The van der Waals surface area contributed by atoms with E-state index in [0.29, 0.717) is 49.5 Å². The van der Waals surface area contributed by atoms with Gasteiger partial charge in [-0.1, -0.05) is 0 Å². The molecule has 0 amide bonds. The highest BCUT2D eigenvalue weighted by Crippen LogP contribution is 2.40. The van der Waals surface area contributed by atoms with Gasteiger partial charge >= 0.3 is 11.9 Å². The molecule has 1 aromatic heterocycles. The minimum Gasteiger partial charge on any atom is -0.497 e. The standard InChI is InChI=1S/C24H32N6O5/c1-35-19-6-4-15(5-7-19)22-26-28-30(27-22)18-10-21(24(33)34)29(13-18)12-14-2-3-16-11-25-20(23(31)32)9-17(16)8-14/h4-7,14,16-18,20-21,25H,2-3,8-13H2,1H3,(H,31,32)(H,33,34)/t14-,16-,17+,18-,20-,21-/m0/s1. The average molecular weight is 485 g/mol. The van der Waals surface area contributed by atoms with Crippen LogP contribution in [0.2, 0.25) is 0 Å². The highest BCUT2D eigenvalue weighted by atomic mass is 16.5. The van der Waals surface area contributed by atoms with Gasteiger partial charge in [0, 0.05) is 18.7 Å². The van der Waals surface area contributed by atoms with Gasteiger partial charge in [0.05, 0.1) is 13.2 Å². The first-order valence-corrected chi connectivity index (χ1v) is 12.3. The number of carboxylic acid groups (broad SMARTS) is 2. The average Bonchev–Trinajstić information content (AvgIpc) is 3.51. The van der Waals surface area contributed by atoms with Crippen molar-refractivity contribution >= 4 is 11.9 Å². The van der Waals surface area contributed by atoms with Crippen molar-refractivity contribution < 1.29 is 24.5 Å². The maximum atomic E-state index is 12.1. The first kappa shape index (κ1) is 23.7. The normalized spacial score (nSPS) is 31.1. The lowest BCUT2D eigenvalue weighted by Gasteiger charge is -2.42. The van der Waals surface area contributed by atoms with E-state index in [1.54, 1.807) is 11.9 Å². The van der Waals surface area contributed by atoms with Crippen molar-refractivity contribution in [1.29, 1.82) is 0 Å². The van der Waals surface area contributed by atoms with Gasteiger partial charge in [0.2, 0.25) is 5.82 Å². The number of carboxylic acids is 2. The van der Waals surface area contributed by atoms with Crippen LogP contribution >= 0.6 is 0 Å². The van der Waals surface area contributed by atoms with Crippen LogP contribution in [0.1, 0.15) is 38.1 Å². The summed E-state index contributed by atoms with van der Waals surface area (Å²) in [5.41, 5.74) is 0.820. The number of fused-ring (bicyclic) bond motifs is 1. The highest BCUT2D eigenvalue weighted by molar-refractivity contribution is 5.74. The quantitative estimate of drug-likeness (QED) is 0.529. The Morgan fingerprint density at radius 2 is 1.89 bits per heavy atom. The van der Waals surface area contributed by atoms with Crippen LogP contribution in [-0.4, -0.2) is 86.1 Å². The molecule has 0 unspecified atom stereocenters. The lowest BCUT2D eigenvalue weighted by molar-refractivity contribution is -0.143. The summed E-state index contributed by atoms with van der Waals surface area (Å²) in [6.45, 7) is 2.01. The number of hydrogen-bond acceptors (Lipinski definition) is 8. The Hall–Kier alpha value is -3.05. The van der Waals surface area contributed by atoms with Crippen LogP contribution in [0.5, 0.6) is 5.75 Å². The van der Waals surface area contributed by atoms with E-state index in [1.165, 1.54) is 0 Å². The number of methoxy groups -OCH3 is 1. The fourth-order valence-corrected chi connectivity index (χ4v) is 6.09. The summed E-state index contributed by atoms with van der Waals surface area (Å²) in [4.78, 5) is 27.1. The number of likely N-dealkylation sites (tertiary alicyclic amines) is 1. The summed E-state index contributed by atoms with van der Waals surface area (Å²) in [6.07, 6.45) is 4.12.